The molecule has 0 aliphatic carbocycles. The smallest absolute Gasteiger partial charge is 0.312 e. The van der Waals surface area contributed by atoms with Crippen molar-refractivity contribution >= 4 is 16.9 Å². The summed E-state index contributed by atoms with van der Waals surface area (Å²) in [6.45, 7) is 0. The van der Waals surface area contributed by atoms with E-state index in [1.165, 1.54) is 26.4 Å². The van der Waals surface area contributed by atoms with Crippen LogP contribution in [0.2, 0.25) is 0 Å². The Labute approximate surface area is 188 Å². The second kappa shape index (κ2) is 8.02. The zero-order valence-electron chi connectivity index (χ0n) is 18.0. The number of ether oxygens (including phenoxy) is 3. The van der Waals surface area contributed by atoms with Crippen molar-refractivity contribution in [3.05, 3.63) is 82.0 Å². The number of esters is 1. The number of hydrogen-bond acceptors (Lipinski definition) is 7. The van der Waals surface area contributed by atoms with E-state index in [4.69, 9.17) is 18.6 Å². The molecule has 4 aromatic rings. The molecule has 0 radical (unpaired) electrons. The summed E-state index contributed by atoms with van der Waals surface area (Å²) in [4.78, 5) is 25.5. The maximum absolute atomic E-state index is 13.0. The Morgan fingerprint density at radius 3 is 2.48 bits per heavy atom. The summed E-state index contributed by atoms with van der Waals surface area (Å²) in [5.74, 6) is 0.108. The summed E-state index contributed by atoms with van der Waals surface area (Å²) in [6, 6.07) is 17.2. The van der Waals surface area contributed by atoms with E-state index in [0.29, 0.717) is 33.9 Å². The van der Waals surface area contributed by atoms with Gasteiger partial charge in [-0.25, -0.2) is 0 Å². The van der Waals surface area contributed by atoms with Gasteiger partial charge >= 0.3 is 5.97 Å². The van der Waals surface area contributed by atoms with Crippen LogP contribution in [-0.2, 0) is 4.79 Å². The van der Waals surface area contributed by atoms with Crippen molar-refractivity contribution in [1.29, 1.82) is 0 Å². The lowest BCUT2D eigenvalue weighted by Crippen LogP contribution is -2.22. The number of methoxy groups -OCH3 is 2. The summed E-state index contributed by atoms with van der Waals surface area (Å²) in [7, 11) is 3.05. The lowest BCUT2D eigenvalue weighted by molar-refractivity contribution is -0.135. The average molecular weight is 444 g/mol. The Bertz CT molecular complexity index is 1440. The highest BCUT2D eigenvalue weighted by Gasteiger charge is 2.35. The van der Waals surface area contributed by atoms with Crippen molar-refractivity contribution < 1.29 is 28.5 Å². The fourth-order valence-corrected chi connectivity index (χ4v) is 4.36. The standard InChI is InChI=1S/C26H20O7/c1-30-19-10-6-9-15(25(19)31-2)16-11-22(29)32-21-13-18(28)24-17(27)12-20(33-26(24)23(16)21)14-7-4-3-5-8-14/h3-10,12-13,16,28H,11H2,1-2H3/t16-/m1/s1. The van der Waals surface area contributed by atoms with Gasteiger partial charge in [-0.15, -0.1) is 0 Å². The van der Waals surface area contributed by atoms with Gasteiger partial charge in [0, 0.05) is 34.7 Å². The van der Waals surface area contributed by atoms with Crippen molar-refractivity contribution in [3.8, 4) is 34.3 Å². The van der Waals surface area contributed by atoms with Crippen LogP contribution in [0.1, 0.15) is 23.5 Å². The molecule has 0 amide bonds. The number of benzene rings is 3. The first-order chi connectivity index (χ1) is 16.0. The number of para-hydroxylation sites is 1. The van der Waals surface area contributed by atoms with Crippen LogP contribution in [0, 0.1) is 0 Å². The molecule has 3 aromatic carbocycles. The zero-order valence-corrected chi connectivity index (χ0v) is 18.0. The molecule has 1 aromatic heterocycles. The molecule has 2 heterocycles. The van der Waals surface area contributed by atoms with Gasteiger partial charge in [0.1, 0.15) is 28.2 Å². The van der Waals surface area contributed by atoms with Crippen LogP contribution in [0.4, 0.5) is 0 Å². The Kier molecular flexibility index (Phi) is 5.01. The largest absolute Gasteiger partial charge is 0.507 e. The van der Waals surface area contributed by atoms with Crippen LogP contribution in [0.3, 0.4) is 0 Å². The Morgan fingerprint density at radius 2 is 1.76 bits per heavy atom. The van der Waals surface area contributed by atoms with Gasteiger partial charge in [0.25, 0.3) is 0 Å². The number of phenolic OH excluding ortho intramolecular Hbond substituents is 1. The molecule has 0 spiro atoms. The maximum atomic E-state index is 13.0. The van der Waals surface area contributed by atoms with E-state index in [9.17, 15) is 14.7 Å². The van der Waals surface area contributed by atoms with Gasteiger partial charge in [0.2, 0.25) is 0 Å². The van der Waals surface area contributed by atoms with E-state index < -0.39 is 17.3 Å². The molecule has 0 bridgehead atoms. The predicted octanol–water partition coefficient (Wildman–Crippen LogP) is 4.62. The topological polar surface area (TPSA) is 95.2 Å². The minimum Gasteiger partial charge on any atom is -0.507 e. The van der Waals surface area contributed by atoms with Gasteiger partial charge in [-0.2, -0.15) is 0 Å². The molecule has 5 rings (SSSR count). The van der Waals surface area contributed by atoms with Crippen LogP contribution in [0.15, 0.2) is 69.9 Å². The van der Waals surface area contributed by atoms with E-state index in [1.807, 2.05) is 36.4 Å². The number of fused-ring (bicyclic) bond motifs is 3. The molecule has 1 aliphatic rings. The molecular formula is C26H20O7. The fraction of sp³-hybridized carbons (Fsp3) is 0.154. The van der Waals surface area contributed by atoms with Gasteiger partial charge in [0.15, 0.2) is 16.9 Å². The highest BCUT2D eigenvalue weighted by molar-refractivity contribution is 5.93. The lowest BCUT2D eigenvalue weighted by atomic mass is 9.84. The van der Waals surface area contributed by atoms with Gasteiger partial charge < -0.3 is 23.7 Å². The Hall–Kier alpha value is -4.26. The molecule has 0 saturated carbocycles. The van der Waals surface area contributed by atoms with Gasteiger partial charge in [-0.1, -0.05) is 42.5 Å². The molecule has 7 nitrogen and oxygen atoms in total. The fourth-order valence-electron chi connectivity index (χ4n) is 4.36. The first-order valence-corrected chi connectivity index (χ1v) is 10.3. The third-order valence-corrected chi connectivity index (χ3v) is 5.79. The molecule has 7 heteroatoms. The van der Waals surface area contributed by atoms with Crippen LogP contribution in [0.5, 0.6) is 23.0 Å². The van der Waals surface area contributed by atoms with Crippen LogP contribution < -0.4 is 19.6 Å². The van der Waals surface area contributed by atoms with Gasteiger partial charge in [-0.05, 0) is 6.07 Å². The number of aromatic hydroxyl groups is 1. The molecule has 33 heavy (non-hydrogen) atoms. The van der Waals surface area contributed by atoms with E-state index in [1.54, 1.807) is 12.1 Å². The lowest BCUT2D eigenvalue weighted by Gasteiger charge is -2.27. The van der Waals surface area contributed by atoms with Crippen LogP contribution >= 0.6 is 0 Å². The van der Waals surface area contributed by atoms with Gasteiger partial charge in [0.05, 0.1) is 20.6 Å². The second-order valence-electron chi connectivity index (χ2n) is 7.67. The third-order valence-electron chi connectivity index (χ3n) is 5.79. The van der Waals surface area contributed by atoms with Crippen molar-refractivity contribution in [1.82, 2.24) is 0 Å². The van der Waals surface area contributed by atoms with E-state index in [0.717, 1.165) is 0 Å². The van der Waals surface area contributed by atoms with Crippen LogP contribution in [0.25, 0.3) is 22.3 Å². The molecule has 1 atom stereocenters. The number of hydrogen-bond donors (Lipinski definition) is 1. The summed E-state index contributed by atoms with van der Waals surface area (Å²) >= 11 is 0. The third kappa shape index (κ3) is 3.38. The summed E-state index contributed by atoms with van der Waals surface area (Å²) < 4.78 is 22.7. The average Bonchev–Trinajstić information content (AvgIpc) is 2.82. The van der Waals surface area contributed by atoms with E-state index in [-0.39, 0.29) is 28.9 Å². The van der Waals surface area contributed by atoms with Crippen molar-refractivity contribution in [2.45, 2.75) is 12.3 Å². The maximum Gasteiger partial charge on any atom is 0.312 e. The molecule has 1 N–H and O–H groups in total. The van der Waals surface area contributed by atoms with Crippen LogP contribution in [-0.4, -0.2) is 25.3 Å². The highest BCUT2D eigenvalue weighted by Crippen LogP contribution is 2.49. The molecule has 1 aliphatic heterocycles. The minimum atomic E-state index is -0.552. The summed E-state index contributed by atoms with van der Waals surface area (Å²) in [6.07, 6.45) is -0.00429. The first-order valence-electron chi connectivity index (χ1n) is 10.3. The number of carbonyl (C=O) groups is 1. The highest BCUT2D eigenvalue weighted by atomic mass is 16.5. The minimum absolute atomic E-state index is 0.00429. The normalized spacial score (nSPS) is 15.1. The Balaban J connectivity index is 1.85. The molecule has 0 fully saturated rings. The van der Waals surface area contributed by atoms with Crippen molar-refractivity contribution in [2.24, 2.45) is 0 Å². The quantitative estimate of drug-likeness (QED) is 0.362. The van der Waals surface area contributed by atoms with Crippen molar-refractivity contribution in [3.63, 3.8) is 0 Å². The van der Waals surface area contributed by atoms with E-state index >= 15 is 0 Å². The summed E-state index contributed by atoms with van der Waals surface area (Å²) in [5, 5.41) is 10.6. The monoisotopic (exact) mass is 444 g/mol. The molecule has 0 saturated heterocycles. The number of carbonyl (C=O) groups excluding carboxylic acids is 1. The number of phenols is 1. The van der Waals surface area contributed by atoms with Gasteiger partial charge in [-0.3, -0.25) is 9.59 Å². The number of rotatable bonds is 4. The SMILES string of the molecule is COc1cccc([C@H]2CC(=O)Oc3cc(O)c4c(=O)cc(-c5ccccc5)oc4c32)c1OC. The molecule has 166 valence electrons. The Morgan fingerprint density at radius 1 is 0.970 bits per heavy atom. The molecular weight excluding hydrogens is 424 g/mol. The van der Waals surface area contributed by atoms with E-state index in [2.05, 4.69) is 0 Å². The van der Waals surface area contributed by atoms with Crippen molar-refractivity contribution in [2.75, 3.05) is 14.2 Å². The first kappa shape index (κ1) is 20.6. The molecule has 0 unspecified atom stereocenters. The second-order valence-corrected chi connectivity index (χ2v) is 7.67. The zero-order chi connectivity index (χ0) is 23.1. The summed E-state index contributed by atoms with van der Waals surface area (Å²) in [5.41, 5.74) is 1.64. The predicted molar refractivity (Wildman–Crippen MR) is 121 cm³/mol.